The number of hydrogen-bond acceptors (Lipinski definition) is 2. The molecule has 1 N–H and O–H groups in total. The number of nitrogens with one attached hydrogen (secondary N) is 1. The van der Waals surface area contributed by atoms with Crippen LogP contribution in [0, 0.1) is 0 Å². The zero-order valence-corrected chi connectivity index (χ0v) is 13.0. The number of fused-ring (bicyclic) bond motifs is 1. The number of rotatable bonds is 3. The Balaban J connectivity index is 1.61. The van der Waals surface area contributed by atoms with Crippen molar-refractivity contribution in [3.8, 4) is 0 Å². The van der Waals surface area contributed by atoms with E-state index in [0.717, 1.165) is 29.9 Å². The molecule has 4 nitrogen and oxygen atoms in total. The summed E-state index contributed by atoms with van der Waals surface area (Å²) in [6, 6.07) is 16.3. The van der Waals surface area contributed by atoms with E-state index in [-0.39, 0.29) is 6.03 Å². The Hall–Kier alpha value is -2.49. The van der Waals surface area contributed by atoms with Gasteiger partial charge in [0.1, 0.15) is 0 Å². The van der Waals surface area contributed by atoms with Gasteiger partial charge in [0.05, 0.1) is 0 Å². The number of anilines is 2. The van der Waals surface area contributed by atoms with Crippen molar-refractivity contribution in [1.82, 2.24) is 5.32 Å². The smallest absolute Gasteiger partial charge is 0.322 e. The summed E-state index contributed by atoms with van der Waals surface area (Å²) in [4.78, 5) is 16.2. The predicted molar refractivity (Wildman–Crippen MR) is 90.5 cm³/mol. The van der Waals surface area contributed by atoms with Crippen LogP contribution in [0.15, 0.2) is 48.5 Å². The quantitative estimate of drug-likeness (QED) is 0.944. The number of nitrogens with zero attached hydrogens (tertiary/aromatic N) is 2. The van der Waals surface area contributed by atoms with Crippen LogP contribution in [0.2, 0.25) is 0 Å². The van der Waals surface area contributed by atoms with E-state index < -0.39 is 0 Å². The Kier molecular flexibility index (Phi) is 4.00. The SMILES string of the molecule is CN(C)c1ccc(CNC(=O)N2CCc3ccccc32)cc1. The van der Waals surface area contributed by atoms with Gasteiger partial charge in [0.15, 0.2) is 0 Å². The van der Waals surface area contributed by atoms with Gasteiger partial charge in [-0.3, -0.25) is 4.90 Å². The summed E-state index contributed by atoms with van der Waals surface area (Å²) in [6.45, 7) is 1.30. The number of para-hydroxylation sites is 1. The highest BCUT2D eigenvalue weighted by Gasteiger charge is 2.23. The van der Waals surface area contributed by atoms with Gasteiger partial charge in [-0.2, -0.15) is 0 Å². The predicted octanol–water partition coefficient (Wildman–Crippen LogP) is 3.02. The van der Waals surface area contributed by atoms with Gasteiger partial charge in [-0.1, -0.05) is 30.3 Å². The second kappa shape index (κ2) is 6.10. The van der Waals surface area contributed by atoms with E-state index in [1.165, 1.54) is 5.56 Å². The molecule has 2 amide bonds. The van der Waals surface area contributed by atoms with Crippen molar-refractivity contribution in [2.45, 2.75) is 13.0 Å². The van der Waals surface area contributed by atoms with Crippen LogP contribution in [0.1, 0.15) is 11.1 Å². The van der Waals surface area contributed by atoms with Crippen LogP contribution in [-0.2, 0) is 13.0 Å². The molecule has 1 aliphatic rings. The van der Waals surface area contributed by atoms with E-state index in [2.05, 4.69) is 28.4 Å². The zero-order valence-electron chi connectivity index (χ0n) is 13.0. The first-order valence-corrected chi connectivity index (χ1v) is 7.54. The molecule has 0 saturated carbocycles. The van der Waals surface area contributed by atoms with E-state index in [9.17, 15) is 4.79 Å². The Labute approximate surface area is 131 Å². The third-order valence-corrected chi connectivity index (χ3v) is 4.03. The highest BCUT2D eigenvalue weighted by Crippen LogP contribution is 2.27. The Morgan fingerprint density at radius 2 is 1.86 bits per heavy atom. The van der Waals surface area contributed by atoms with Gasteiger partial charge in [0.25, 0.3) is 0 Å². The molecule has 2 aromatic rings. The van der Waals surface area contributed by atoms with Gasteiger partial charge in [-0.15, -0.1) is 0 Å². The molecule has 0 unspecified atom stereocenters. The number of hydrogen-bond donors (Lipinski definition) is 1. The maximum absolute atomic E-state index is 12.4. The molecule has 114 valence electrons. The fraction of sp³-hybridized carbons (Fsp3) is 0.278. The number of benzene rings is 2. The van der Waals surface area contributed by atoms with Gasteiger partial charge < -0.3 is 10.2 Å². The van der Waals surface area contributed by atoms with E-state index in [1.807, 2.05) is 49.3 Å². The lowest BCUT2D eigenvalue weighted by atomic mass is 10.2. The number of carbonyl (C=O) groups excluding carboxylic acids is 1. The molecule has 0 aromatic heterocycles. The second-order valence-electron chi connectivity index (χ2n) is 5.75. The Morgan fingerprint density at radius 3 is 2.59 bits per heavy atom. The van der Waals surface area contributed by atoms with Crippen molar-refractivity contribution >= 4 is 17.4 Å². The summed E-state index contributed by atoms with van der Waals surface area (Å²) in [5.41, 5.74) is 4.53. The molecular formula is C18H21N3O. The van der Waals surface area contributed by atoms with Crippen LogP contribution >= 0.6 is 0 Å². The van der Waals surface area contributed by atoms with E-state index >= 15 is 0 Å². The van der Waals surface area contributed by atoms with Crippen LogP contribution in [-0.4, -0.2) is 26.7 Å². The normalized spacial score (nSPS) is 12.9. The standard InChI is InChI=1S/C18H21N3O/c1-20(2)16-9-7-14(8-10-16)13-19-18(22)21-12-11-15-5-3-4-6-17(15)21/h3-10H,11-13H2,1-2H3,(H,19,22). The number of amides is 2. The minimum atomic E-state index is -0.0263. The summed E-state index contributed by atoms with van der Waals surface area (Å²) in [7, 11) is 4.03. The van der Waals surface area contributed by atoms with Crippen molar-refractivity contribution < 1.29 is 4.79 Å². The molecule has 0 saturated heterocycles. The molecule has 0 fully saturated rings. The van der Waals surface area contributed by atoms with Gasteiger partial charge in [-0.05, 0) is 35.7 Å². The lowest BCUT2D eigenvalue weighted by Crippen LogP contribution is -2.38. The fourth-order valence-electron chi connectivity index (χ4n) is 2.73. The monoisotopic (exact) mass is 295 g/mol. The highest BCUT2D eigenvalue weighted by molar-refractivity contribution is 5.94. The minimum Gasteiger partial charge on any atom is -0.378 e. The molecular weight excluding hydrogens is 274 g/mol. The lowest BCUT2D eigenvalue weighted by molar-refractivity contribution is 0.246. The molecule has 1 heterocycles. The highest BCUT2D eigenvalue weighted by atomic mass is 16.2. The number of urea groups is 1. The molecule has 0 bridgehead atoms. The minimum absolute atomic E-state index is 0.0263. The first-order valence-electron chi connectivity index (χ1n) is 7.54. The van der Waals surface area contributed by atoms with Crippen LogP contribution in [0.3, 0.4) is 0 Å². The molecule has 2 aromatic carbocycles. The van der Waals surface area contributed by atoms with Gasteiger partial charge >= 0.3 is 6.03 Å². The first-order chi connectivity index (χ1) is 10.6. The van der Waals surface area contributed by atoms with Crippen molar-refractivity contribution in [2.24, 2.45) is 0 Å². The van der Waals surface area contributed by atoms with E-state index in [1.54, 1.807) is 0 Å². The van der Waals surface area contributed by atoms with Gasteiger partial charge in [0, 0.05) is 38.6 Å². The van der Waals surface area contributed by atoms with Gasteiger partial charge in [-0.25, -0.2) is 4.79 Å². The van der Waals surface area contributed by atoms with Crippen LogP contribution < -0.4 is 15.1 Å². The molecule has 0 radical (unpaired) electrons. The second-order valence-corrected chi connectivity index (χ2v) is 5.75. The third-order valence-electron chi connectivity index (χ3n) is 4.03. The van der Waals surface area contributed by atoms with Crippen molar-refractivity contribution in [3.05, 3.63) is 59.7 Å². The third kappa shape index (κ3) is 2.91. The maximum atomic E-state index is 12.4. The largest absolute Gasteiger partial charge is 0.378 e. The average Bonchev–Trinajstić information content (AvgIpc) is 2.97. The molecule has 0 atom stereocenters. The summed E-state index contributed by atoms with van der Waals surface area (Å²) in [6.07, 6.45) is 0.932. The van der Waals surface area contributed by atoms with Crippen molar-refractivity contribution in [3.63, 3.8) is 0 Å². The molecule has 0 spiro atoms. The topological polar surface area (TPSA) is 35.6 Å². The average molecular weight is 295 g/mol. The lowest BCUT2D eigenvalue weighted by Gasteiger charge is -2.18. The fourth-order valence-corrected chi connectivity index (χ4v) is 2.73. The Morgan fingerprint density at radius 1 is 1.14 bits per heavy atom. The molecule has 0 aliphatic carbocycles. The Bertz CT molecular complexity index is 664. The van der Waals surface area contributed by atoms with E-state index in [0.29, 0.717) is 6.54 Å². The van der Waals surface area contributed by atoms with Crippen LogP contribution in [0.5, 0.6) is 0 Å². The summed E-state index contributed by atoms with van der Waals surface area (Å²) >= 11 is 0. The summed E-state index contributed by atoms with van der Waals surface area (Å²) in [5, 5.41) is 3.00. The molecule has 22 heavy (non-hydrogen) atoms. The maximum Gasteiger partial charge on any atom is 0.322 e. The van der Waals surface area contributed by atoms with Crippen molar-refractivity contribution in [2.75, 3.05) is 30.4 Å². The first kappa shape index (κ1) is 14.4. The number of carbonyl (C=O) groups is 1. The molecule has 3 rings (SSSR count). The van der Waals surface area contributed by atoms with Crippen LogP contribution in [0.4, 0.5) is 16.2 Å². The molecule has 1 aliphatic heterocycles. The zero-order chi connectivity index (χ0) is 15.5. The van der Waals surface area contributed by atoms with E-state index in [4.69, 9.17) is 0 Å². The van der Waals surface area contributed by atoms with Crippen LogP contribution in [0.25, 0.3) is 0 Å². The van der Waals surface area contributed by atoms with Gasteiger partial charge in [0.2, 0.25) is 0 Å². The van der Waals surface area contributed by atoms with Crippen molar-refractivity contribution in [1.29, 1.82) is 0 Å². The summed E-state index contributed by atoms with van der Waals surface area (Å²) in [5.74, 6) is 0. The summed E-state index contributed by atoms with van der Waals surface area (Å²) < 4.78 is 0. The molecule has 4 heteroatoms.